The molecule has 2 fully saturated rings. The van der Waals surface area contributed by atoms with Crippen LogP contribution in [0.2, 0.25) is 0 Å². The topological polar surface area (TPSA) is 62.7 Å². The van der Waals surface area contributed by atoms with Crippen molar-refractivity contribution in [3.8, 4) is 5.75 Å². The number of pyridine rings is 1. The van der Waals surface area contributed by atoms with Gasteiger partial charge in [-0.25, -0.2) is 0 Å². The zero-order valence-corrected chi connectivity index (χ0v) is 19.0. The number of aromatic nitrogens is 1. The summed E-state index contributed by atoms with van der Waals surface area (Å²) in [6.45, 7) is 4.05. The first kappa shape index (κ1) is 22.9. The van der Waals surface area contributed by atoms with Crippen LogP contribution in [0, 0.1) is 5.92 Å². The van der Waals surface area contributed by atoms with E-state index in [4.69, 9.17) is 9.84 Å². The molecule has 0 unspecified atom stereocenters. The lowest BCUT2D eigenvalue weighted by Gasteiger charge is -2.38. The number of hydrogen-bond acceptors (Lipinski definition) is 4. The molecule has 1 aromatic heterocycles. The molecule has 2 aliphatic carbocycles. The molecule has 34 heavy (non-hydrogen) atoms. The Morgan fingerprint density at radius 3 is 2.65 bits per heavy atom. The third-order valence-electron chi connectivity index (χ3n) is 7.13. The van der Waals surface area contributed by atoms with Crippen molar-refractivity contribution >= 4 is 11.5 Å². The highest BCUT2D eigenvalue weighted by Crippen LogP contribution is 2.45. The first-order chi connectivity index (χ1) is 16.2. The smallest absolute Gasteiger partial charge is 0.416 e. The highest BCUT2D eigenvalue weighted by Gasteiger charge is 2.38. The minimum absolute atomic E-state index is 0.0212. The van der Waals surface area contributed by atoms with E-state index in [2.05, 4.69) is 16.8 Å². The maximum Gasteiger partial charge on any atom is 0.416 e. The number of carboxylic acid groups (broad SMARTS) is 1. The average molecular weight is 473 g/mol. The van der Waals surface area contributed by atoms with E-state index >= 15 is 0 Å². The van der Waals surface area contributed by atoms with Gasteiger partial charge >= 0.3 is 12.1 Å². The minimum Gasteiger partial charge on any atom is -0.487 e. The van der Waals surface area contributed by atoms with Crippen molar-refractivity contribution < 1.29 is 27.8 Å². The minimum atomic E-state index is -4.40. The number of aryl methyl sites for hydroxylation is 1. The van der Waals surface area contributed by atoms with Gasteiger partial charge < -0.3 is 9.84 Å². The molecule has 1 aromatic carbocycles. The van der Waals surface area contributed by atoms with Crippen LogP contribution in [0.25, 0.3) is 5.57 Å². The van der Waals surface area contributed by atoms with Gasteiger partial charge in [-0.1, -0.05) is 11.6 Å². The Morgan fingerprint density at radius 1 is 1.21 bits per heavy atom. The fraction of sp³-hybridized carbons (Fsp3) is 0.462. The Bertz CT molecular complexity index is 1150. The number of ether oxygens (including phenoxy) is 1. The van der Waals surface area contributed by atoms with Crippen molar-refractivity contribution in [2.45, 2.75) is 51.3 Å². The lowest BCUT2D eigenvalue weighted by Crippen LogP contribution is -2.50. The predicted molar refractivity (Wildman–Crippen MR) is 120 cm³/mol. The van der Waals surface area contributed by atoms with Gasteiger partial charge in [-0.2, -0.15) is 13.2 Å². The second kappa shape index (κ2) is 8.73. The quantitative estimate of drug-likeness (QED) is 0.593. The molecule has 0 radical (unpaired) electrons. The van der Waals surface area contributed by atoms with Crippen molar-refractivity contribution in [3.05, 3.63) is 64.0 Å². The fourth-order valence-electron chi connectivity index (χ4n) is 4.93. The molecule has 0 amide bonds. The number of alkyl halides is 3. The van der Waals surface area contributed by atoms with Gasteiger partial charge in [0.15, 0.2) is 0 Å². The van der Waals surface area contributed by atoms with Crippen molar-refractivity contribution in [2.24, 2.45) is 5.92 Å². The number of fused-ring (bicyclic) bond motifs is 1. The summed E-state index contributed by atoms with van der Waals surface area (Å²) in [5.41, 5.74) is 4.79. The molecule has 1 N–H and O–H groups in total. The number of allylic oxidation sites excluding steroid dienone is 1. The zero-order valence-electron chi connectivity index (χ0n) is 19.0. The standard InChI is InChI=1S/C26H27F3N2O3/c1-15-18(11-31-12-19(13-31)25(32)33)5-4-17-8-21(6-7-22(15)17)34-14-20-9-24(26(27,28)29)23(10-30-20)16-2-3-16/h6-10,16,19H,2-5,11-14H2,1H3,(H,32,33). The summed E-state index contributed by atoms with van der Waals surface area (Å²) in [6.07, 6.45) is 0.280. The summed E-state index contributed by atoms with van der Waals surface area (Å²) in [4.78, 5) is 17.4. The normalized spacial score (nSPS) is 19.1. The zero-order chi connectivity index (χ0) is 24.0. The summed E-state index contributed by atoms with van der Waals surface area (Å²) in [6, 6.07) is 6.93. The van der Waals surface area contributed by atoms with Gasteiger partial charge in [-0.3, -0.25) is 14.7 Å². The molecule has 0 bridgehead atoms. The van der Waals surface area contributed by atoms with E-state index < -0.39 is 17.7 Å². The average Bonchev–Trinajstić information content (AvgIpc) is 3.60. The van der Waals surface area contributed by atoms with E-state index in [1.54, 1.807) is 0 Å². The van der Waals surface area contributed by atoms with Gasteiger partial charge in [0.05, 0.1) is 17.2 Å². The van der Waals surface area contributed by atoms with Crippen LogP contribution < -0.4 is 4.74 Å². The summed E-state index contributed by atoms with van der Waals surface area (Å²) in [5.74, 6) is -0.403. The Hall–Kier alpha value is -2.87. The number of rotatable bonds is 7. The van der Waals surface area contributed by atoms with Crippen molar-refractivity contribution in [2.75, 3.05) is 19.6 Å². The number of aliphatic carboxylic acids is 1. The van der Waals surface area contributed by atoms with Crippen LogP contribution in [-0.2, 0) is 24.0 Å². The Morgan fingerprint density at radius 2 is 1.97 bits per heavy atom. The van der Waals surface area contributed by atoms with Gasteiger partial charge in [0.2, 0.25) is 0 Å². The molecular weight excluding hydrogens is 445 g/mol. The molecule has 1 aliphatic heterocycles. The molecule has 2 aromatic rings. The molecular formula is C26H27F3N2O3. The third kappa shape index (κ3) is 4.69. The Balaban J connectivity index is 1.25. The predicted octanol–water partition coefficient (Wildman–Crippen LogP) is 5.29. The molecule has 1 saturated heterocycles. The van der Waals surface area contributed by atoms with Crippen LogP contribution in [-0.4, -0.2) is 40.6 Å². The SMILES string of the molecule is CC1=C(CN2CC(C(=O)O)C2)CCc2cc(OCc3cc(C(F)(F)F)c(C4CC4)cn3)ccc21. The second-order valence-electron chi connectivity index (χ2n) is 9.60. The van der Waals surface area contributed by atoms with Crippen LogP contribution >= 0.6 is 0 Å². The highest BCUT2D eigenvalue weighted by atomic mass is 19.4. The first-order valence-electron chi connectivity index (χ1n) is 11.6. The number of carboxylic acids is 1. The van der Waals surface area contributed by atoms with Crippen molar-refractivity contribution in [1.29, 1.82) is 0 Å². The Kier molecular flexibility index (Phi) is 5.88. The molecule has 0 spiro atoms. The van der Waals surface area contributed by atoms with Crippen molar-refractivity contribution in [1.82, 2.24) is 9.88 Å². The largest absolute Gasteiger partial charge is 0.487 e. The molecule has 5 nitrogen and oxygen atoms in total. The van der Waals surface area contributed by atoms with Gasteiger partial charge in [0.25, 0.3) is 0 Å². The monoisotopic (exact) mass is 472 g/mol. The molecule has 180 valence electrons. The molecule has 2 heterocycles. The van der Waals surface area contributed by atoms with E-state index in [0.29, 0.717) is 24.4 Å². The highest BCUT2D eigenvalue weighted by molar-refractivity contribution is 5.73. The van der Waals surface area contributed by atoms with Crippen LogP contribution in [0.15, 0.2) is 36.0 Å². The third-order valence-corrected chi connectivity index (χ3v) is 7.13. The van der Waals surface area contributed by atoms with Crippen LogP contribution in [0.3, 0.4) is 0 Å². The van der Waals surface area contributed by atoms with Gasteiger partial charge in [0.1, 0.15) is 12.4 Å². The van der Waals surface area contributed by atoms with E-state index in [9.17, 15) is 18.0 Å². The number of likely N-dealkylation sites (tertiary alicyclic amines) is 1. The number of carbonyl (C=O) groups is 1. The summed E-state index contributed by atoms with van der Waals surface area (Å²) < 4.78 is 46.3. The van der Waals surface area contributed by atoms with Gasteiger partial charge in [-0.15, -0.1) is 0 Å². The molecule has 8 heteroatoms. The van der Waals surface area contributed by atoms with Crippen LogP contribution in [0.1, 0.15) is 60.1 Å². The van der Waals surface area contributed by atoms with E-state index in [1.165, 1.54) is 17.3 Å². The maximum absolute atomic E-state index is 13.5. The van der Waals surface area contributed by atoms with Crippen molar-refractivity contribution in [3.63, 3.8) is 0 Å². The van der Waals surface area contributed by atoms with Gasteiger partial charge in [0, 0.05) is 25.8 Å². The lowest BCUT2D eigenvalue weighted by molar-refractivity contribution is -0.147. The Labute approximate surface area is 196 Å². The van der Waals surface area contributed by atoms with E-state index in [1.807, 2.05) is 18.2 Å². The van der Waals surface area contributed by atoms with Crippen LogP contribution in [0.5, 0.6) is 5.75 Å². The second-order valence-corrected chi connectivity index (χ2v) is 9.60. The molecule has 3 aliphatic rings. The molecule has 5 rings (SSSR count). The number of benzene rings is 1. The summed E-state index contributed by atoms with van der Waals surface area (Å²) in [7, 11) is 0. The van der Waals surface area contributed by atoms with E-state index in [-0.39, 0.29) is 24.1 Å². The maximum atomic E-state index is 13.5. The number of halogens is 3. The van der Waals surface area contributed by atoms with Crippen LogP contribution in [0.4, 0.5) is 13.2 Å². The number of nitrogens with zero attached hydrogens (tertiary/aromatic N) is 2. The molecule has 0 atom stereocenters. The van der Waals surface area contributed by atoms with E-state index in [0.717, 1.165) is 49.4 Å². The summed E-state index contributed by atoms with van der Waals surface area (Å²) >= 11 is 0. The van der Waals surface area contributed by atoms with Gasteiger partial charge in [-0.05, 0) is 79.0 Å². The molecule has 1 saturated carbocycles. The number of hydrogen-bond donors (Lipinski definition) is 1. The fourth-order valence-corrected chi connectivity index (χ4v) is 4.93. The first-order valence-corrected chi connectivity index (χ1v) is 11.6. The summed E-state index contributed by atoms with van der Waals surface area (Å²) in [5, 5.41) is 9.06. The lowest BCUT2D eigenvalue weighted by atomic mass is 9.85.